The smallest absolute Gasteiger partial charge is 0.309 e. The predicted octanol–water partition coefficient (Wildman–Crippen LogP) is 1.41. The van der Waals surface area contributed by atoms with Crippen LogP contribution in [0.1, 0.15) is 72.1 Å². The highest BCUT2D eigenvalue weighted by atomic mass is 79.9. The standard InChI is InChI=1S/C20H38NO2.BrH/c1-4-21(5-2,6-3)15-16-23-20(22)19(17-11-7-8-12-17)18-13-9-10-14-18;/h17-19H,4-16H2,1-3H3;1H/q+1;/p-1. The average molecular weight is 404 g/mol. The van der Waals surface area contributed by atoms with Crippen LogP contribution in [0, 0.1) is 17.8 Å². The molecule has 2 aliphatic rings. The van der Waals surface area contributed by atoms with Crippen LogP contribution in [-0.2, 0) is 9.53 Å². The number of carbonyl (C=O) groups is 1. The zero-order valence-electron chi connectivity index (χ0n) is 16.1. The fourth-order valence-electron chi connectivity index (χ4n) is 4.98. The molecule has 2 aliphatic carbocycles. The van der Waals surface area contributed by atoms with Crippen LogP contribution in [-0.4, -0.2) is 43.2 Å². The second-order valence-corrected chi connectivity index (χ2v) is 7.80. The van der Waals surface area contributed by atoms with Crippen molar-refractivity contribution in [1.82, 2.24) is 0 Å². The maximum absolute atomic E-state index is 12.8. The molecule has 0 bridgehead atoms. The minimum Gasteiger partial charge on any atom is -1.00 e. The molecule has 4 heteroatoms. The Morgan fingerprint density at radius 1 is 0.917 bits per heavy atom. The fraction of sp³-hybridized carbons (Fsp3) is 0.950. The van der Waals surface area contributed by atoms with E-state index >= 15 is 0 Å². The van der Waals surface area contributed by atoms with Crippen molar-refractivity contribution in [2.45, 2.75) is 72.1 Å². The first kappa shape index (κ1) is 22.0. The predicted molar refractivity (Wildman–Crippen MR) is 95.1 cm³/mol. The summed E-state index contributed by atoms with van der Waals surface area (Å²) in [5.74, 6) is 1.54. The number of quaternary nitrogens is 1. The average Bonchev–Trinajstić information content (AvgIpc) is 3.27. The van der Waals surface area contributed by atoms with E-state index in [4.69, 9.17) is 4.74 Å². The van der Waals surface area contributed by atoms with Gasteiger partial charge in [-0.25, -0.2) is 0 Å². The van der Waals surface area contributed by atoms with Crippen LogP contribution < -0.4 is 17.0 Å². The van der Waals surface area contributed by atoms with E-state index in [1.165, 1.54) is 51.4 Å². The lowest BCUT2D eigenvalue weighted by Crippen LogP contribution is -3.00. The summed E-state index contributed by atoms with van der Waals surface area (Å²) in [6.45, 7) is 11.7. The molecule has 142 valence electrons. The largest absolute Gasteiger partial charge is 1.00 e. The van der Waals surface area contributed by atoms with Crippen molar-refractivity contribution in [2.75, 3.05) is 32.8 Å². The van der Waals surface area contributed by atoms with Crippen molar-refractivity contribution >= 4 is 5.97 Å². The number of nitrogens with zero attached hydrogens (tertiary/aromatic N) is 1. The quantitative estimate of drug-likeness (QED) is 0.429. The molecule has 0 saturated heterocycles. The Bertz CT molecular complexity index is 334. The van der Waals surface area contributed by atoms with Crippen molar-refractivity contribution < 1.29 is 31.0 Å². The molecule has 0 aromatic rings. The molecule has 24 heavy (non-hydrogen) atoms. The van der Waals surface area contributed by atoms with Crippen LogP contribution in [0.25, 0.3) is 0 Å². The number of likely N-dealkylation sites (N-methyl/N-ethyl adjacent to an activating group) is 1. The number of esters is 1. The molecule has 0 aromatic carbocycles. The summed E-state index contributed by atoms with van der Waals surface area (Å²) >= 11 is 0. The van der Waals surface area contributed by atoms with Gasteiger partial charge < -0.3 is 26.2 Å². The van der Waals surface area contributed by atoms with E-state index in [2.05, 4.69) is 20.8 Å². The van der Waals surface area contributed by atoms with Crippen molar-refractivity contribution in [3.8, 4) is 0 Å². The third kappa shape index (κ3) is 5.45. The number of ether oxygens (including phenoxy) is 1. The van der Waals surface area contributed by atoms with Gasteiger partial charge in [-0.2, -0.15) is 0 Å². The molecule has 0 spiro atoms. The first-order valence-electron chi connectivity index (χ1n) is 10.2. The summed E-state index contributed by atoms with van der Waals surface area (Å²) in [7, 11) is 0. The fourth-order valence-corrected chi connectivity index (χ4v) is 4.98. The molecule has 0 atom stereocenters. The third-order valence-corrected chi connectivity index (χ3v) is 6.91. The molecule has 0 aliphatic heterocycles. The number of carbonyl (C=O) groups excluding carboxylic acids is 1. The number of halogens is 1. The van der Waals surface area contributed by atoms with Gasteiger partial charge in [-0.15, -0.1) is 0 Å². The lowest BCUT2D eigenvalue weighted by atomic mass is 9.79. The van der Waals surface area contributed by atoms with Crippen LogP contribution >= 0.6 is 0 Å². The van der Waals surface area contributed by atoms with Gasteiger partial charge in [-0.3, -0.25) is 4.79 Å². The number of hydrogen-bond acceptors (Lipinski definition) is 2. The van der Waals surface area contributed by atoms with E-state index in [1.54, 1.807) is 0 Å². The summed E-state index contributed by atoms with van der Waals surface area (Å²) < 4.78 is 6.90. The SMILES string of the molecule is CC[N+](CC)(CC)CCOC(=O)C(C1CCCC1)C1CCCC1.[Br-]. The summed E-state index contributed by atoms with van der Waals surface area (Å²) in [5.41, 5.74) is 0. The molecular weight excluding hydrogens is 366 g/mol. The Labute approximate surface area is 159 Å². The van der Waals surface area contributed by atoms with E-state index in [0.717, 1.165) is 30.7 Å². The van der Waals surface area contributed by atoms with E-state index < -0.39 is 0 Å². The van der Waals surface area contributed by atoms with E-state index in [9.17, 15) is 4.79 Å². The second-order valence-electron chi connectivity index (χ2n) is 7.80. The Morgan fingerprint density at radius 2 is 1.33 bits per heavy atom. The van der Waals surface area contributed by atoms with Crippen molar-refractivity contribution in [1.29, 1.82) is 0 Å². The van der Waals surface area contributed by atoms with Crippen LogP contribution in [0.2, 0.25) is 0 Å². The normalized spacial score (nSPS) is 19.7. The van der Waals surface area contributed by atoms with Crippen molar-refractivity contribution in [3.63, 3.8) is 0 Å². The molecule has 2 rings (SSSR count). The molecular formula is C20H38BrNO2. The summed E-state index contributed by atoms with van der Waals surface area (Å²) in [6.07, 6.45) is 10.2. The maximum atomic E-state index is 12.8. The molecule has 0 heterocycles. The van der Waals surface area contributed by atoms with Gasteiger partial charge in [0.15, 0.2) is 0 Å². The van der Waals surface area contributed by atoms with Gasteiger partial charge in [-0.05, 0) is 58.3 Å². The minimum atomic E-state index is 0. The molecule has 2 saturated carbocycles. The number of hydrogen-bond donors (Lipinski definition) is 0. The van der Waals surface area contributed by atoms with Crippen LogP contribution in [0.3, 0.4) is 0 Å². The van der Waals surface area contributed by atoms with Crippen molar-refractivity contribution in [2.24, 2.45) is 17.8 Å². The third-order valence-electron chi connectivity index (χ3n) is 6.91. The minimum absolute atomic E-state index is 0. The van der Waals surface area contributed by atoms with Gasteiger partial charge in [0.2, 0.25) is 0 Å². The topological polar surface area (TPSA) is 26.3 Å². The molecule has 3 nitrogen and oxygen atoms in total. The number of rotatable bonds is 9. The van der Waals surface area contributed by atoms with Gasteiger partial charge in [0.1, 0.15) is 13.2 Å². The van der Waals surface area contributed by atoms with Crippen LogP contribution in [0.5, 0.6) is 0 Å². The maximum Gasteiger partial charge on any atom is 0.309 e. The lowest BCUT2D eigenvalue weighted by Gasteiger charge is -2.36. The molecule has 0 radical (unpaired) electrons. The van der Waals surface area contributed by atoms with Crippen LogP contribution in [0.15, 0.2) is 0 Å². The van der Waals surface area contributed by atoms with Gasteiger partial charge in [0.05, 0.1) is 25.6 Å². The summed E-state index contributed by atoms with van der Waals surface area (Å²) in [4.78, 5) is 12.8. The van der Waals surface area contributed by atoms with Gasteiger partial charge >= 0.3 is 5.97 Å². The van der Waals surface area contributed by atoms with Crippen LogP contribution in [0.4, 0.5) is 0 Å². The van der Waals surface area contributed by atoms with Gasteiger partial charge in [0.25, 0.3) is 0 Å². The zero-order valence-corrected chi connectivity index (χ0v) is 17.7. The highest BCUT2D eigenvalue weighted by Crippen LogP contribution is 2.42. The Morgan fingerprint density at radius 3 is 1.71 bits per heavy atom. The zero-order chi connectivity index (χ0) is 16.7. The molecule has 0 unspecified atom stereocenters. The van der Waals surface area contributed by atoms with Crippen molar-refractivity contribution in [3.05, 3.63) is 0 Å². The first-order chi connectivity index (χ1) is 11.2. The second kappa shape index (κ2) is 10.8. The van der Waals surface area contributed by atoms with E-state index in [-0.39, 0.29) is 28.9 Å². The Hall–Kier alpha value is -0.0900. The lowest BCUT2D eigenvalue weighted by molar-refractivity contribution is -0.923. The highest BCUT2D eigenvalue weighted by Gasteiger charge is 2.39. The van der Waals surface area contributed by atoms with Gasteiger partial charge in [-0.1, -0.05) is 25.7 Å². The van der Waals surface area contributed by atoms with E-state index in [0.29, 0.717) is 18.4 Å². The van der Waals surface area contributed by atoms with Gasteiger partial charge in [0, 0.05) is 0 Å². The summed E-state index contributed by atoms with van der Waals surface area (Å²) in [6, 6.07) is 0. The molecule has 2 fully saturated rings. The first-order valence-corrected chi connectivity index (χ1v) is 10.2. The molecule has 0 N–H and O–H groups in total. The van der Waals surface area contributed by atoms with E-state index in [1.807, 2.05) is 0 Å². The summed E-state index contributed by atoms with van der Waals surface area (Å²) in [5, 5.41) is 0. The molecule has 0 amide bonds. The Balaban J connectivity index is 0.00000288. The monoisotopic (exact) mass is 403 g/mol. The molecule has 0 aromatic heterocycles. The highest BCUT2D eigenvalue weighted by molar-refractivity contribution is 5.73. The Kier molecular flexibility index (Phi) is 9.88.